The molecule has 0 unspecified atom stereocenters. The summed E-state index contributed by atoms with van der Waals surface area (Å²) in [6.07, 6.45) is -2.46. The van der Waals surface area contributed by atoms with Crippen LogP contribution in [0.4, 0.5) is 9.59 Å². The summed E-state index contributed by atoms with van der Waals surface area (Å²) in [5.74, 6) is -1.83. The summed E-state index contributed by atoms with van der Waals surface area (Å²) in [4.78, 5) is 65.8. The molecule has 39 heavy (non-hydrogen) atoms. The van der Waals surface area contributed by atoms with Crippen LogP contribution in [0.1, 0.15) is 57.1 Å². The van der Waals surface area contributed by atoms with E-state index in [1.165, 1.54) is 6.92 Å². The normalized spacial score (nSPS) is 15.8. The third-order valence-electron chi connectivity index (χ3n) is 6.53. The summed E-state index contributed by atoms with van der Waals surface area (Å²) in [5.41, 5.74) is 4.37. The van der Waals surface area contributed by atoms with Crippen molar-refractivity contribution in [3.05, 3.63) is 59.7 Å². The molecule has 0 radical (unpaired) electrons. The van der Waals surface area contributed by atoms with Gasteiger partial charge < -0.3 is 20.2 Å². The van der Waals surface area contributed by atoms with Crippen molar-refractivity contribution >= 4 is 29.9 Å². The Morgan fingerprint density at radius 2 is 1.41 bits per heavy atom. The Morgan fingerprint density at radius 1 is 0.846 bits per heavy atom. The van der Waals surface area contributed by atoms with Gasteiger partial charge in [-0.15, -0.1) is 5.06 Å². The molecule has 4 rings (SSSR count). The van der Waals surface area contributed by atoms with Gasteiger partial charge in [-0.3, -0.25) is 19.7 Å². The lowest BCUT2D eigenvalue weighted by Crippen LogP contribution is -2.54. The number of nitrogens with zero attached hydrogens (tertiary/aromatic N) is 1. The highest BCUT2D eigenvalue weighted by Gasteiger charge is 2.34. The number of ether oxygens (including phenoxy) is 1. The van der Waals surface area contributed by atoms with Gasteiger partial charge in [0.2, 0.25) is 5.91 Å². The zero-order valence-electron chi connectivity index (χ0n) is 22.1. The van der Waals surface area contributed by atoms with Crippen molar-refractivity contribution in [1.29, 1.82) is 0 Å². The fourth-order valence-corrected chi connectivity index (χ4v) is 4.78. The molecule has 0 aromatic heterocycles. The van der Waals surface area contributed by atoms with Gasteiger partial charge >= 0.3 is 12.2 Å². The first kappa shape index (κ1) is 27.6. The van der Waals surface area contributed by atoms with Crippen LogP contribution in [-0.4, -0.2) is 53.8 Å². The first-order valence-electron chi connectivity index (χ1n) is 12.9. The molecule has 0 bridgehead atoms. The van der Waals surface area contributed by atoms with Crippen molar-refractivity contribution in [2.75, 3.05) is 6.61 Å². The van der Waals surface area contributed by atoms with E-state index in [1.807, 2.05) is 62.4 Å². The Morgan fingerprint density at radius 3 is 1.97 bits per heavy atom. The standard InChI is InChI=1S/C28H32N4O7/c1-16(2)14-23(26(35)29-17(3)30-28(37)39-32-24(33)12-13-25(32)34)31-27(36)38-15-22-20-10-6-4-8-18(20)19-9-5-7-11-21(19)22/h4-11,16-17,22-23H,12-15H2,1-3H3,(H,29,35)(H,30,37)(H,31,36)/t17-,23-/m0/s1. The molecule has 11 nitrogen and oxygen atoms in total. The van der Waals surface area contributed by atoms with Crippen LogP contribution >= 0.6 is 0 Å². The predicted molar refractivity (Wildman–Crippen MR) is 140 cm³/mol. The molecule has 2 aromatic rings. The van der Waals surface area contributed by atoms with Gasteiger partial charge in [-0.1, -0.05) is 62.4 Å². The van der Waals surface area contributed by atoms with Crippen molar-refractivity contribution in [3.8, 4) is 11.1 Å². The summed E-state index contributed by atoms with van der Waals surface area (Å²) in [6, 6.07) is 15.0. The number of rotatable bonds is 9. The van der Waals surface area contributed by atoms with Gasteiger partial charge in [0.1, 0.15) is 18.8 Å². The lowest BCUT2D eigenvalue weighted by Gasteiger charge is -2.23. The second-order valence-electron chi connectivity index (χ2n) is 9.99. The lowest BCUT2D eigenvalue weighted by molar-refractivity contribution is -0.171. The fourth-order valence-electron chi connectivity index (χ4n) is 4.78. The SMILES string of the molecule is CC(C)C[C@H](NC(=O)OCC1c2ccccc2-c2ccccc21)C(=O)N[C@H](C)NC(=O)ON1C(=O)CCC1=O. The smallest absolute Gasteiger partial charge is 0.433 e. The predicted octanol–water partition coefficient (Wildman–Crippen LogP) is 3.19. The van der Waals surface area contributed by atoms with Gasteiger partial charge in [-0.25, -0.2) is 9.59 Å². The average Bonchev–Trinajstić information content (AvgIpc) is 3.38. The minimum atomic E-state index is -1.07. The topological polar surface area (TPSA) is 143 Å². The quantitative estimate of drug-likeness (QED) is 0.330. The van der Waals surface area contributed by atoms with E-state index in [-0.39, 0.29) is 31.3 Å². The third-order valence-corrected chi connectivity index (χ3v) is 6.53. The molecule has 2 aliphatic rings. The number of carbonyl (C=O) groups excluding carboxylic acids is 5. The van der Waals surface area contributed by atoms with E-state index in [0.29, 0.717) is 11.5 Å². The van der Waals surface area contributed by atoms with E-state index in [9.17, 15) is 24.0 Å². The molecule has 2 atom stereocenters. The molecule has 1 saturated heterocycles. The van der Waals surface area contributed by atoms with Gasteiger partial charge in [0.25, 0.3) is 11.8 Å². The maximum absolute atomic E-state index is 13.0. The number of hydrogen-bond acceptors (Lipinski definition) is 7. The molecule has 1 fully saturated rings. The largest absolute Gasteiger partial charge is 0.449 e. The Balaban J connectivity index is 1.32. The number of hydroxylamine groups is 2. The van der Waals surface area contributed by atoms with Crippen LogP contribution in [0, 0.1) is 5.92 Å². The number of hydrogen-bond donors (Lipinski definition) is 3. The Bertz CT molecular complexity index is 1220. The molecule has 5 amide bonds. The lowest BCUT2D eigenvalue weighted by atomic mass is 9.98. The number of alkyl carbamates (subject to hydrolysis) is 1. The molecule has 2 aromatic carbocycles. The summed E-state index contributed by atoms with van der Waals surface area (Å²) in [5, 5.41) is 7.96. The first-order valence-corrected chi connectivity index (χ1v) is 12.9. The molecule has 1 aliphatic carbocycles. The Labute approximate surface area is 226 Å². The minimum Gasteiger partial charge on any atom is -0.449 e. The van der Waals surface area contributed by atoms with Crippen molar-refractivity contribution in [3.63, 3.8) is 0 Å². The molecule has 3 N–H and O–H groups in total. The van der Waals surface area contributed by atoms with E-state index in [4.69, 9.17) is 9.57 Å². The number of benzene rings is 2. The molecule has 206 valence electrons. The number of fused-ring (bicyclic) bond motifs is 3. The number of nitrogens with one attached hydrogen (secondary N) is 3. The Hall–Kier alpha value is -4.41. The van der Waals surface area contributed by atoms with Gasteiger partial charge in [-0.05, 0) is 41.5 Å². The van der Waals surface area contributed by atoms with Gasteiger partial charge in [0.05, 0.1) is 0 Å². The third kappa shape index (κ3) is 6.54. The van der Waals surface area contributed by atoms with E-state index in [0.717, 1.165) is 22.3 Å². The highest BCUT2D eigenvalue weighted by Crippen LogP contribution is 2.44. The van der Waals surface area contributed by atoms with Crippen molar-refractivity contribution in [2.45, 2.75) is 58.2 Å². The van der Waals surface area contributed by atoms with Crippen LogP contribution < -0.4 is 16.0 Å². The summed E-state index contributed by atoms with van der Waals surface area (Å²) < 4.78 is 5.58. The summed E-state index contributed by atoms with van der Waals surface area (Å²) in [7, 11) is 0. The van der Waals surface area contributed by atoms with Gasteiger partial charge in [0, 0.05) is 18.8 Å². The first-order chi connectivity index (χ1) is 18.6. The van der Waals surface area contributed by atoms with Crippen molar-refractivity contribution in [1.82, 2.24) is 21.0 Å². The monoisotopic (exact) mass is 536 g/mol. The maximum Gasteiger partial charge on any atom is 0.433 e. The molecule has 1 aliphatic heterocycles. The summed E-state index contributed by atoms with van der Waals surface area (Å²) in [6.45, 7) is 5.39. The molecule has 11 heteroatoms. The molecular formula is C28H32N4O7. The molecule has 0 saturated carbocycles. The van der Waals surface area contributed by atoms with E-state index >= 15 is 0 Å². The Kier molecular flexibility index (Phi) is 8.48. The second-order valence-corrected chi connectivity index (χ2v) is 9.99. The number of carbonyl (C=O) groups is 5. The fraction of sp³-hybridized carbons (Fsp3) is 0.393. The average molecular weight is 537 g/mol. The molecule has 0 spiro atoms. The number of amides is 5. The van der Waals surface area contributed by atoms with Crippen LogP contribution in [0.25, 0.3) is 11.1 Å². The zero-order chi connectivity index (χ0) is 28.1. The van der Waals surface area contributed by atoms with Crippen LogP contribution in [0.5, 0.6) is 0 Å². The number of imide groups is 1. The minimum absolute atomic E-state index is 0.0309. The van der Waals surface area contributed by atoms with Crippen molar-refractivity contribution in [2.24, 2.45) is 5.92 Å². The van der Waals surface area contributed by atoms with E-state index < -0.39 is 42.1 Å². The maximum atomic E-state index is 13.0. The van der Waals surface area contributed by atoms with Gasteiger partial charge in [0.15, 0.2) is 0 Å². The highest BCUT2D eigenvalue weighted by atomic mass is 16.7. The molecular weight excluding hydrogens is 504 g/mol. The summed E-state index contributed by atoms with van der Waals surface area (Å²) >= 11 is 0. The van der Waals surface area contributed by atoms with Crippen LogP contribution in [0.15, 0.2) is 48.5 Å². The van der Waals surface area contributed by atoms with Crippen LogP contribution in [0.3, 0.4) is 0 Å². The highest BCUT2D eigenvalue weighted by molar-refractivity contribution is 6.01. The van der Waals surface area contributed by atoms with E-state index in [2.05, 4.69) is 16.0 Å². The van der Waals surface area contributed by atoms with Crippen LogP contribution in [0.2, 0.25) is 0 Å². The van der Waals surface area contributed by atoms with Gasteiger partial charge in [-0.2, -0.15) is 0 Å². The zero-order valence-corrected chi connectivity index (χ0v) is 22.1. The second kappa shape index (κ2) is 12.0. The van der Waals surface area contributed by atoms with Crippen LogP contribution in [-0.2, 0) is 24.0 Å². The van der Waals surface area contributed by atoms with E-state index in [1.54, 1.807) is 0 Å². The molecule has 1 heterocycles. The van der Waals surface area contributed by atoms with Crippen molar-refractivity contribution < 1.29 is 33.5 Å².